The van der Waals surface area contributed by atoms with Crippen LogP contribution in [0.3, 0.4) is 0 Å². The van der Waals surface area contributed by atoms with Crippen molar-refractivity contribution in [3.05, 3.63) is 71.3 Å². The SMILES string of the molecule is CC(C)c1ccc(/C=C/C(=O)Nc2ccc(C(C)C)cc2)cc1. The Morgan fingerprint density at radius 3 is 1.78 bits per heavy atom. The number of carbonyl (C=O) groups excluding carboxylic acids is 1. The van der Waals surface area contributed by atoms with E-state index in [1.54, 1.807) is 6.08 Å². The van der Waals surface area contributed by atoms with Gasteiger partial charge >= 0.3 is 0 Å². The fourth-order valence-corrected chi connectivity index (χ4v) is 2.30. The van der Waals surface area contributed by atoms with Crippen LogP contribution in [0.1, 0.15) is 56.2 Å². The van der Waals surface area contributed by atoms with Gasteiger partial charge in [-0.3, -0.25) is 4.79 Å². The molecule has 0 fully saturated rings. The molecule has 2 nitrogen and oxygen atoms in total. The average Bonchev–Trinajstić information content (AvgIpc) is 2.54. The van der Waals surface area contributed by atoms with Crippen molar-refractivity contribution in [2.45, 2.75) is 39.5 Å². The van der Waals surface area contributed by atoms with Gasteiger partial charge in [-0.2, -0.15) is 0 Å². The van der Waals surface area contributed by atoms with Crippen LogP contribution in [0.2, 0.25) is 0 Å². The van der Waals surface area contributed by atoms with Gasteiger partial charge in [0.25, 0.3) is 0 Å². The first-order valence-electron chi connectivity index (χ1n) is 8.14. The molecule has 23 heavy (non-hydrogen) atoms. The summed E-state index contributed by atoms with van der Waals surface area (Å²) in [6.45, 7) is 8.65. The number of anilines is 1. The van der Waals surface area contributed by atoms with Crippen molar-refractivity contribution in [1.82, 2.24) is 0 Å². The molecule has 0 atom stereocenters. The molecule has 0 unspecified atom stereocenters. The zero-order valence-corrected chi connectivity index (χ0v) is 14.3. The lowest BCUT2D eigenvalue weighted by molar-refractivity contribution is -0.111. The summed E-state index contributed by atoms with van der Waals surface area (Å²) in [7, 11) is 0. The topological polar surface area (TPSA) is 29.1 Å². The molecule has 0 aromatic heterocycles. The van der Waals surface area contributed by atoms with E-state index in [-0.39, 0.29) is 5.91 Å². The fraction of sp³-hybridized carbons (Fsp3) is 0.286. The zero-order valence-electron chi connectivity index (χ0n) is 14.3. The van der Waals surface area contributed by atoms with Gasteiger partial charge in [0.1, 0.15) is 0 Å². The molecule has 0 aliphatic heterocycles. The maximum absolute atomic E-state index is 12.0. The third-order valence-corrected chi connectivity index (χ3v) is 3.88. The summed E-state index contributed by atoms with van der Waals surface area (Å²) in [4.78, 5) is 12.0. The molecule has 2 heteroatoms. The highest BCUT2D eigenvalue weighted by Gasteiger charge is 2.01. The van der Waals surface area contributed by atoms with Crippen molar-refractivity contribution in [2.24, 2.45) is 0 Å². The van der Waals surface area contributed by atoms with E-state index in [9.17, 15) is 4.79 Å². The number of amides is 1. The lowest BCUT2D eigenvalue weighted by atomic mass is 10.0. The first-order chi connectivity index (χ1) is 11.0. The van der Waals surface area contributed by atoms with E-state index in [4.69, 9.17) is 0 Å². The molecule has 0 saturated heterocycles. The van der Waals surface area contributed by atoms with Crippen molar-refractivity contribution in [3.8, 4) is 0 Å². The summed E-state index contributed by atoms with van der Waals surface area (Å²) in [6.07, 6.45) is 3.41. The third-order valence-electron chi connectivity index (χ3n) is 3.88. The summed E-state index contributed by atoms with van der Waals surface area (Å²) in [5.41, 5.74) is 4.42. The minimum atomic E-state index is -0.116. The first-order valence-corrected chi connectivity index (χ1v) is 8.14. The second-order valence-corrected chi connectivity index (χ2v) is 6.42. The summed E-state index contributed by atoms with van der Waals surface area (Å²) >= 11 is 0. The van der Waals surface area contributed by atoms with E-state index < -0.39 is 0 Å². The van der Waals surface area contributed by atoms with Crippen LogP contribution in [-0.4, -0.2) is 5.91 Å². The lowest BCUT2D eigenvalue weighted by Crippen LogP contribution is -2.07. The molecule has 0 spiro atoms. The van der Waals surface area contributed by atoms with Crippen molar-refractivity contribution in [2.75, 3.05) is 5.32 Å². The Kier molecular flexibility index (Phi) is 5.75. The van der Waals surface area contributed by atoms with Gasteiger partial charge in [-0.1, -0.05) is 64.1 Å². The predicted octanol–water partition coefficient (Wildman–Crippen LogP) is 5.59. The molecule has 2 aromatic carbocycles. The lowest BCUT2D eigenvalue weighted by Gasteiger charge is -2.07. The van der Waals surface area contributed by atoms with Crippen molar-refractivity contribution < 1.29 is 4.79 Å². The zero-order chi connectivity index (χ0) is 16.8. The van der Waals surface area contributed by atoms with Gasteiger partial charge in [0.05, 0.1) is 0 Å². The second-order valence-electron chi connectivity index (χ2n) is 6.42. The van der Waals surface area contributed by atoms with Gasteiger partial charge in [0.2, 0.25) is 5.91 Å². The third kappa shape index (κ3) is 5.10. The van der Waals surface area contributed by atoms with Crippen molar-refractivity contribution >= 4 is 17.7 Å². The number of rotatable bonds is 5. The number of nitrogens with one attached hydrogen (secondary N) is 1. The van der Waals surface area contributed by atoms with Crippen LogP contribution >= 0.6 is 0 Å². The maximum atomic E-state index is 12.0. The summed E-state index contributed by atoms with van der Waals surface area (Å²) in [5.74, 6) is 0.897. The number of hydrogen-bond donors (Lipinski definition) is 1. The average molecular weight is 307 g/mol. The monoisotopic (exact) mass is 307 g/mol. The van der Waals surface area contributed by atoms with E-state index in [0.29, 0.717) is 11.8 Å². The Hall–Kier alpha value is -2.35. The molecule has 0 heterocycles. The summed E-state index contributed by atoms with van der Waals surface area (Å²) < 4.78 is 0. The highest BCUT2D eigenvalue weighted by Crippen LogP contribution is 2.17. The van der Waals surface area contributed by atoms with E-state index in [2.05, 4.69) is 57.3 Å². The largest absolute Gasteiger partial charge is 0.323 e. The highest BCUT2D eigenvalue weighted by atomic mass is 16.1. The maximum Gasteiger partial charge on any atom is 0.248 e. The molecule has 0 aliphatic carbocycles. The van der Waals surface area contributed by atoms with Gasteiger partial charge in [-0.05, 0) is 46.7 Å². The summed E-state index contributed by atoms with van der Waals surface area (Å²) in [5, 5.41) is 2.88. The Balaban J connectivity index is 1.95. The highest BCUT2D eigenvalue weighted by molar-refractivity contribution is 6.01. The Morgan fingerprint density at radius 1 is 0.826 bits per heavy atom. The molecule has 0 aliphatic rings. The Bertz CT molecular complexity index is 664. The van der Waals surface area contributed by atoms with Crippen LogP contribution in [0.15, 0.2) is 54.6 Å². The Labute approximate surface area is 139 Å². The van der Waals surface area contributed by atoms with E-state index >= 15 is 0 Å². The smallest absolute Gasteiger partial charge is 0.248 e. The predicted molar refractivity (Wildman–Crippen MR) is 98.7 cm³/mol. The van der Waals surface area contributed by atoms with E-state index in [1.807, 2.05) is 30.3 Å². The van der Waals surface area contributed by atoms with Gasteiger partial charge < -0.3 is 5.32 Å². The number of hydrogen-bond acceptors (Lipinski definition) is 1. The molecule has 0 radical (unpaired) electrons. The molecule has 2 rings (SSSR count). The van der Waals surface area contributed by atoms with Crippen LogP contribution < -0.4 is 5.32 Å². The molecule has 0 saturated carbocycles. The number of carbonyl (C=O) groups is 1. The van der Waals surface area contributed by atoms with Crippen LogP contribution in [0.4, 0.5) is 5.69 Å². The van der Waals surface area contributed by atoms with Gasteiger partial charge in [0.15, 0.2) is 0 Å². The van der Waals surface area contributed by atoms with Crippen LogP contribution in [0, 0.1) is 0 Å². The van der Waals surface area contributed by atoms with Gasteiger partial charge in [-0.15, -0.1) is 0 Å². The molecule has 1 amide bonds. The van der Waals surface area contributed by atoms with Crippen LogP contribution in [0.25, 0.3) is 6.08 Å². The minimum Gasteiger partial charge on any atom is -0.323 e. The summed E-state index contributed by atoms with van der Waals surface area (Å²) in [6, 6.07) is 16.3. The molecule has 120 valence electrons. The second kappa shape index (κ2) is 7.77. The number of benzene rings is 2. The molecule has 2 aromatic rings. The molecular formula is C21H25NO. The molecular weight excluding hydrogens is 282 g/mol. The fourth-order valence-electron chi connectivity index (χ4n) is 2.30. The first kappa shape index (κ1) is 17.0. The molecule has 1 N–H and O–H groups in total. The Morgan fingerprint density at radius 2 is 1.30 bits per heavy atom. The van der Waals surface area contributed by atoms with Crippen LogP contribution in [0.5, 0.6) is 0 Å². The van der Waals surface area contributed by atoms with Gasteiger partial charge in [-0.25, -0.2) is 0 Å². The minimum absolute atomic E-state index is 0.116. The quantitative estimate of drug-likeness (QED) is 0.717. The van der Waals surface area contributed by atoms with E-state index in [1.165, 1.54) is 11.1 Å². The van der Waals surface area contributed by atoms with Gasteiger partial charge in [0, 0.05) is 11.8 Å². The standard InChI is InChI=1S/C21H25NO/c1-15(2)18-8-5-17(6-9-18)7-14-21(23)22-20-12-10-19(11-13-20)16(3)4/h5-16H,1-4H3,(H,22,23)/b14-7+. The van der Waals surface area contributed by atoms with Crippen molar-refractivity contribution in [3.63, 3.8) is 0 Å². The normalized spacial score (nSPS) is 11.4. The van der Waals surface area contributed by atoms with E-state index in [0.717, 1.165) is 11.3 Å². The molecule has 0 bridgehead atoms. The van der Waals surface area contributed by atoms with Crippen LogP contribution in [-0.2, 0) is 4.79 Å². The van der Waals surface area contributed by atoms with Crippen molar-refractivity contribution in [1.29, 1.82) is 0 Å².